The Hall–Kier alpha value is -1.92. The van der Waals surface area contributed by atoms with Crippen LogP contribution in [0.15, 0.2) is 12.3 Å². The van der Waals surface area contributed by atoms with Crippen LogP contribution in [0.4, 0.5) is 11.5 Å². The summed E-state index contributed by atoms with van der Waals surface area (Å²) in [5, 5.41) is 20.9. The normalized spacial score (nSPS) is 10.5. The monoisotopic (exact) mass is 199 g/mol. The van der Waals surface area contributed by atoms with Gasteiger partial charge in [0.2, 0.25) is 0 Å². The van der Waals surface area contributed by atoms with Crippen molar-refractivity contribution in [3.8, 4) is 0 Å². The third kappa shape index (κ3) is 1.70. The van der Waals surface area contributed by atoms with E-state index in [1.807, 2.05) is 0 Å². The Balaban J connectivity index is 3.26. The highest BCUT2D eigenvalue weighted by molar-refractivity contribution is 5.39. The van der Waals surface area contributed by atoms with E-state index in [2.05, 4.69) is 0 Å². The molecule has 1 aromatic rings. The van der Waals surface area contributed by atoms with E-state index in [0.29, 0.717) is 0 Å². The molecule has 0 N–H and O–H groups in total. The van der Waals surface area contributed by atoms with Crippen molar-refractivity contribution in [2.45, 2.75) is 19.9 Å². The van der Waals surface area contributed by atoms with E-state index in [-0.39, 0.29) is 17.5 Å². The number of aromatic nitrogens is 1. The van der Waals surface area contributed by atoms with Crippen molar-refractivity contribution in [1.82, 2.24) is 4.57 Å². The molecular weight excluding hydrogens is 190 g/mol. The number of nitro groups is 2. The van der Waals surface area contributed by atoms with Gasteiger partial charge in [0.05, 0.1) is 11.0 Å². The van der Waals surface area contributed by atoms with Crippen molar-refractivity contribution >= 4 is 11.5 Å². The highest BCUT2D eigenvalue weighted by Crippen LogP contribution is 2.25. The lowest BCUT2D eigenvalue weighted by Crippen LogP contribution is -2.03. The first-order valence-electron chi connectivity index (χ1n) is 3.94. The first-order valence-corrected chi connectivity index (χ1v) is 3.94. The molecule has 76 valence electrons. The van der Waals surface area contributed by atoms with Crippen LogP contribution in [-0.2, 0) is 0 Å². The fraction of sp³-hybridized carbons (Fsp3) is 0.429. The zero-order valence-electron chi connectivity index (χ0n) is 7.71. The number of rotatable bonds is 3. The van der Waals surface area contributed by atoms with Crippen LogP contribution in [-0.4, -0.2) is 14.4 Å². The molecular formula is C7H9N3O4. The molecule has 0 unspecified atom stereocenters. The van der Waals surface area contributed by atoms with Crippen LogP contribution in [0.5, 0.6) is 0 Å². The summed E-state index contributed by atoms with van der Waals surface area (Å²) < 4.78 is 1.26. The van der Waals surface area contributed by atoms with Crippen molar-refractivity contribution in [3.63, 3.8) is 0 Å². The van der Waals surface area contributed by atoms with Crippen molar-refractivity contribution in [2.24, 2.45) is 0 Å². The zero-order chi connectivity index (χ0) is 10.9. The maximum atomic E-state index is 10.5. The maximum Gasteiger partial charge on any atom is 0.330 e. The smallest absolute Gasteiger partial charge is 0.330 e. The fourth-order valence-electron chi connectivity index (χ4n) is 1.11. The third-order valence-corrected chi connectivity index (χ3v) is 1.77. The molecule has 0 saturated heterocycles. The van der Waals surface area contributed by atoms with Crippen LogP contribution in [0.1, 0.15) is 19.9 Å². The standard InChI is InChI=1S/C7H9N3O4/c1-5(2)8-4-6(9(11)12)3-7(8)10(13)14/h3-5H,1-2H3. The molecule has 0 aromatic carbocycles. The molecule has 0 saturated carbocycles. The first kappa shape index (κ1) is 10.2. The lowest BCUT2D eigenvalue weighted by atomic mass is 10.4. The molecule has 0 radical (unpaired) electrons. The fourth-order valence-corrected chi connectivity index (χ4v) is 1.11. The molecule has 0 aliphatic rings. The van der Waals surface area contributed by atoms with Gasteiger partial charge in [-0.3, -0.25) is 10.1 Å². The average Bonchev–Trinajstić information content (AvgIpc) is 2.47. The third-order valence-electron chi connectivity index (χ3n) is 1.77. The van der Waals surface area contributed by atoms with Gasteiger partial charge < -0.3 is 10.1 Å². The minimum atomic E-state index is -0.647. The number of nitrogens with zero attached hydrogens (tertiary/aromatic N) is 3. The van der Waals surface area contributed by atoms with Crippen LogP contribution in [0.3, 0.4) is 0 Å². The Labute approximate surface area is 79.3 Å². The molecule has 0 aliphatic heterocycles. The molecule has 1 rings (SSSR count). The summed E-state index contributed by atoms with van der Waals surface area (Å²) in [5.41, 5.74) is -0.259. The summed E-state index contributed by atoms with van der Waals surface area (Å²) in [6, 6.07) is 0.782. The highest BCUT2D eigenvalue weighted by atomic mass is 16.6. The van der Waals surface area contributed by atoms with E-state index in [9.17, 15) is 20.2 Å². The number of hydrogen-bond acceptors (Lipinski definition) is 4. The summed E-state index contributed by atoms with van der Waals surface area (Å²) in [6.45, 7) is 3.44. The van der Waals surface area contributed by atoms with Gasteiger partial charge in [0, 0.05) is 0 Å². The lowest BCUT2D eigenvalue weighted by molar-refractivity contribution is -0.395. The van der Waals surface area contributed by atoms with E-state index in [0.717, 1.165) is 6.07 Å². The van der Waals surface area contributed by atoms with Crippen LogP contribution in [0.25, 0.3) is 0 Å². The highest BCUT2D eigenvalue weighted by Gasteiger charge is 2.24. The van der Waals surface area contributed by atoms with Crippen LogP contribution in [0, 0.1) is 20.2 Å². The largest absolute Gasteiger partial charge is 0.358 e. The molecule has 1 aromatic heterocycles. The van der Waals surface area contributed by atoms with E-state index in [4.69, 9.17) is 0 Å². The second kappa shape index (κ2) is 3.44. The molecule has 0 fully saturated rings. The average molecular weight is 199 g/mol. The van der Waals surface area contributed by atoms with Crippen molar-refractivity contribution < 1.29 is 9.85 Å². The summed E-state index contributed by atoms with van der Waals surface area (Å²) in [7, 11) is 0. The second-order valence-electron chi connectivity index (χ2n) is 3.07. The molecule has 7 heteroatoms. The molecule has 1 heterocycles. The molecule has 14 heavy (non-hydrogen) atoms. The summed E-state index contributed by atoms with van der Waals surface area (Å²) in [4.78, 5) is 19.6. The minimum absolute atomic E-state index is 0.177. The second-order valence-corrected chi connectivity index (χ2v) is 3.07. The zero-order valence-corrected chi connectivity index (χ0v) is 7.71. The van der Waals surface area contributed by atoms with Crippen LogP contribution < -0.4 is 0 Å². The molecule has 0 amide bonds. The SMILES string of the molecule is CC(C)n1cc([N+](=O)[O-])cc1[N+](=O)[O-]. The summed E-state index contributed by atoms with van der Waals surface area (Å²) in [5.74, 6) is -0.258. The summed E-state index contributed by atoms with van der Waals surface area (Å²) in [6.07, 6.45) is 1.17. The maximum absolute atomic E-state index is 10.5. The van der Waals surface area contributed by atoms with Gasteiger partial charge >= 0.3 is 11.5 Å². The van der Waals surface area contributed by atoms with Crippen LogP contribution >= 0.6 is 0 Å². The number of hydrogen-bond donors (Lipinski definition) is 0. The molecule has 0 bridgehead atoms. The predicted octanol–water partition coefficient (Wildman–Crippen LogP) is 1.89. The van der Waals surface area contributed by atoms with Gasteiger partial charge in [-0.25, -0.2) is 4.57 Å². The Morgan fingerprint density at radius 2 is 1.86 bits per heavy atom. The van der Waals surface area contributed by atoms with Crippen molar-refractivity contribution in [2.75, 3.05) is 0 Å². The Kier molecular flexibility index (Phi) is 2.50. The van der Waals surface area contributed by atoms with Gasteiger partial charge in [-0.05, 0) is 18.8 Å². The van der Waals surface area contributed by atoms with E-state index < -0.39 is 9.85 Å². The summed E-state index contributed by atoms with van der Waals surface area (Å²) >= 11 is 0. The van der Waals surface area contributed by atoms with Gasteiger partial charge in [-0.15, -0.1) is 0 Å². The van der Waals surface area contributed by atoms with E-state index in [1.54, 1.807) is 13.8 Å². The van der Waals surface area contributed by atoms with Crippen molar-refractivity contribution in [1.29, 1.82) is 0 Å². The minimum Gasteiger partial charge on any atom is -0.358 e. The quantitative estimate of drug-likeness (QED) is 0.548. The van der Waals surface area contributed by atoms with Crippen molar-refractivity contribution in [3.05, 3.63) is 32.5 Å². The Bertz CT molecular complexity index is 382. The van der Waals surface area contributed by atoms with E-state index in [1.165, 1.54) is 10.8 Å². The van der Waals surface area contributed by atoms with Crippen LogP contribution in [0.2, 0.25) is 0 Å². The van der Waals surface area contributed by atoms with Gasteiger partial charge in [0.25, 0.3) is 0 Å². The Morgan fingerprint density at radius 1 is 1.29 bits per heavy atom. The van der Waals surface area contributed by atoms with Gasteiger partial charge in [-0.1, -0.05) is 0 Å². The lowest BCUT2D eigenvalue weighted by Gasteiger charge is -2.02. The van der Waals surface area contributed by atoms with Gasteiger partial charge in [-0.2, -0.15) is 0 Å². The topological polar surface area (TPSA) is 91.2 Å². The van der Waals surface area contributed by atoms with E-state index >= 15 is 0 Å². The van der Waals surface area contributed by atoms with Gasteiger partial charge in [0.1, 0.15) is 6.07 Å². The molecule has 7 nitrogen and oxygen atoms in total. The molecule has 0 aliphatic carbocycles. The predicted molar refractivity (Wildman–Crippen MR) is 48.1 cm³/mol. The molecule has 0 spiro atoms. The molecule has 0 atom stereocenters. The van der Waals surface area contributed by atoms with Gasteiger partial charge in [0.15, 0.2) is 6.20 Å². The Morgan fingerprint density at radius 3 is 2.14 bits per heavy atom. The first-order chi connectivity index (χ1) is 6.43.